The van der Waals surface area contributed by atoms with Crippen LogP contribution in [-0.2, 0) is 23.1 Å². The van der Waals surface area contributed by atoms with Crippen LogP contribution in [0.1, 0.15) is 15.2 Å². The standard InChI is InChI=1S/C13H16N3O3S2.ClH/c1-21(18,19)15-14-8-11-4-2-6-16(9-11)10-12(17)13-5-3-7-20-13;/h2-7,9,14-15H,8,10H2,1H3;1H/q+1;/p-1. The first-order valence-corrected chi connectivity index (χ1v) is 8.95. The Hall–Kier alpha value is -1.32. The molecule has 2 aromatic heterocycles. The fraction of sp³-hybridized carbons (Fsp3) is 0.231. The Bertz CT molecular complexity index is 718. The molecule has 0 atom stereocenters. The maximum absolute atomic E-state index is 12.0. The summed E-state index contributed by atoms with van der Waals surface area (Å²) in [7, 11) is -3.27. The van der Waals surface area contributed by atoms with Crippen molar-refractivity contribution in [2.45, 2.75) is 13.1 Å². The number of nitrogens with zero attached hydrogens (tertiary/aromatic N) is 1. The molecule has 0 amide bonds. The Balaban J connectivity index is 0.00000242. The lowest BCUT2D eigenvalue weighted by Crippen LogP contribution is -3.00. The number of Topliss-reactive ketones (excluding diaryl/α,β-unsaturated/α-hetero) is 1. The largest absolute Gasteiger partial charge is 1.00 e. The van der Waals surface area contributed by atoms with Gasteiger partial charge in [-0.25, -0.2) is 13.8 Å². The van der Waals surface area contributed by atoms with Crippen LogP contribution in [0, 0.1) is 0 Å². The Kier molecular flexibility index (Phi) is 7.11. The summed E-state index contributed by atoms with van der Waals surface area (Å²) in [6, 6.07) is 7.32. The molecule has 120 valence electrons. The zero-order valence-electron chi connectivity index (χ0n) is 11.8. The van der Waals surface area contributed by atoms with Crippen LogP contribution in [0.3, 0.4) is 0 Å². The van der Waals surface area contributed by atoms with Gasteiger partial charge in [0.15, 0.2) is 12.4 Å². The van der Waals surface area contributed by atoms with Gasteiger partial charge in [0.1, 0.15) is 0 Å². The second-order valence-corrected chi connectivity index (χ2v) is 7.21. The molecule has 2 aromatic rings. The van der Waals surface area contributed by atoms with Crippen molar-refractivity contribution in [2.24, 2.45) is 0 Å². The number of pyridine rings is 1. The molecule has 0 aliphatic heterocycles. The van der Waals surface area contributed by atoms with Gasteiger partial charge in [-0.05, 0) is 17.5 Å². The van der Waals surface area contributed by atoms with Gasteiger partial charge >= 0.3 is 0 Å². The van der Waals surface area contributed by atoms with Gasteiger partial charge < -0.3 is 12.4 Å². The molecule has 22 heavy (non-hydrogen) atoms. The number of carbonyl (C=O) groups excluding carboxylic acids is 1. The summed E-state index contributed by atoms with van der Waals surface area (Å²) >= 11 is 1.42. The average molecular weight is 362 g/mol. The second-order valence-electron chi connectivity index (χ2n) is 4.51. The molecular formula is C13H16ClN3O3S2. The minimum Gasteiger partial charge on any atom is -1.00 e. The molecule has 2 N–H and O–H groups in total. The molecule has 0 fully saturated rings. The normalized spacial score (nSPS) is 11.0. The summed E-state index contributed by atoms with van der Waals surface area (Å²) in [4.78, 5) is 14.9. The highest BCUT2D eigenvalue weighted by Gasteiger charge is 2.13. The van der Waals surface area contributed by atoms with E-state index in [1.54, 1.807) is 16.8 Å². The van der Waals surface area contributed by atoms with E-state index >= 15 is 0 Å². The number of hydrogen-bond donors (Lipinski definition) is 2. The van der Waals surface area contributed by atoms with Crippen molar-refractivity contribution in [3.63, 3.8) is 0 Å². The quantitative estimate of drug-likeness (QED) is 0.324. The Morgan fingerprint density at radius 1 is 1.32 bits per heavy atom. The predicted octanol–water partition coefficient (Wildman–Crippen LogP) is -2.52. The first-order valence-electron chi connectivity index (χ1n) is 6.18. The van der Waals surface area contributed by atoms with Crippen LogP contribution in [0.4, 0.5) is 0 Å². The number of hydrogen-bond acceptors (Lipinski definition) is 5. The van der Waals surface area contributed by atoms with Crippen molar-refractivity contribution in [1.29, 1.82) is 0 Å². The van der Waals surface area contributed by atoms with Crippen LogP contribution in [0.5, 0.6) is 0 Å². The molecule has 0 radical (unpaired) electrons. The Morgan fingerprint density at radius 2 is 2.09 bits per heavy atom. The molecule has 6 nitrogen and oxygen atoms in total. The zero-order chi connectivity index (χ0) is 15.3. The topological polar surface area (TPSA) is 79.2 Å². The molecule has 0 aliphatic rings. The van der Waals surface area contributed by atoms with Crippen LogP contribution in [0.2, 0.25) is 0 Å². The van der Waals surface area contributed by atoms with Gasteiger partial charge in [0.2, 0.25) is 22.4 Å². The van der Waals surface area contributed by atoms with Crippen LogP contribution in [0.25, 0.3) is 0 Å². The maximum Gasteiger partial charge on any atom is 0.237 e. The molecule has 0 saturated carbocycles. The van der Waals surface area contributed by atoms with Gasteiger partial charge in [0.05, 0.1) is 11.1 Å². The van der Waals surface area contributed by atoms with Gasteiger partial charge in [-0.3, -0.25) is 4.79 Å². The third-order valence-electron chi connectivity index (χ3n) is 2.59. The first-order chi connectivity index (χ1) is 9.94. The highest BCUT2D eigenvalue weighted by atomic mass is 35.5. The first kappa shape index (κ1) is 18.7. The zero-order valence-corrected chi connectivity index (χ0v) is 14.2. The van der Waals surface area contributed by atoms with Gasteiger partial charge in [0, 0.05) is 18.2 Å². The van der Waals surface area contributed by atoms with E-state index in [9.17, 15) is 13.2 Å². The number of aromatic nitrogens is 1. The number of nitrogens with one attached hydrogen (secondary N) is 2. The van der Waals surface area contributed by atoms with Crippen molar-refractivity contribution >= 4 is 27.1 Å². The second kappa shape index (κ2) is 8.35. The Morgan fingerprint density at radius 3 is 2.73 bits per heavy atom. The van der Waals surface area contributed by atoms with Crippen molar-refractivity contribution in [2.75, 3.05) is 6.26 Å². The third-order valence-corrected chi connectivity index (χ3v) is 4.02. The highest BCUT2D eigenvalue weighted by Crippen LogP contribution is 2.09. The van der Waals surface area contributed by atoms with Crippen LogP contribution < -0.4 is 27.2 Å². The van der Waals surface area contributed by atoms with Gasteiger partial charge in [0.25, 0.3) is 0 Å². The van der Waals surface area contributed by atoms with E-state index in [4.69, 9.17) is 0 Å². The molecule has 0 aliphatic carbocycles. The monoisotopic (exact) mass is 361 g/mol. The summed E-state index contributed by atoms with van der Waals surface area (Å²) in [5.41, 5.74) is 3.48. The number of thiophene rings is 1. The van der Waals surface area contributed by atoms with Crippen LogP contribution >= 0.6 is 11.3 Å². The van der Waals surface area contributed by atoms with E-state index in [0.717, 1.165) is 16.7 Å². The highest BCUT2D eigenvalue weighted by molar-refractivity contribution is 7.88. The van der Waals surface area contributed by atoms with E-state index in [2.05, 4.69) is 10.3 Å². The van der Waals surface area contributed by atoms with Crippen LogP contribution in [0.15, 0.2) is 42.0 Å². The molecule has 2 heterocycles. The minimum atomic E-state index is -3.27. The number of rotatable bonds is 7. The number of halogens is 1. The Labute approximate surface area is 139 Å². The number of sulfonamides is 1. The summed E-state index contributed by atoms with van der Waals surface area (Å²) in [6.45, 7) is 0.592. The maximum atomic E-state index is 12.0. The van der Waals surface area contributed by atoms with Crippen molar-refractivity contribution < 1.29 is 30.2 Å². The van der Waals surface area contributed by atoms with Crippen molar-refractivity contribution in [3.05, 3.63) is 52.5 Å². The summed E-state index contributed by atoms with van der Waals surface area (Å²) in [6.07, 6.45) is 4.69. The fourth-order valence-corrected chi connectivity index (χ4v) is 2.72. The molecule has 9 heteroatoms. The molecule has 0 bridgehead atoms. The molecule has 0 aromatic carbocycles. The van der Waals surface area contributed by atoms with E-state index in [-0.39, 0.29) is 24.7 Å². The van der Waals surface area contributed by atoms with Crippen molar-refractivity contribution in [3.8, 4) is 0 Å². The summed E-state index contributed by atoms with van der Waals surface area (Å²) in [5.74, 6) is 0.0503. The average Bonchev–Trinajstić information content (AvgIpc) is 2.91. The number of carbonyl (C=O) groups is 1. The lowest BCUT2D eigenvalue weighted by atomic mass is 10.2. The van der Waals surface area contributed by atoms with E-state index in [0.29, 0.717) is 6.54 Å². The van der Waals surface area contributed by atoms with Gasteiger partial charge in [-0.15, -0.1) is 11.3 Å². The lowest BCUT2D eigenvalue weighted by molar-refractivity contribution is -0.683. The number of hydrazine groups is 1. The molecule has 0 spiro atoms. The molecule has 2 rings (SSSR count). The van der Waals surface area contributed by atoms with E-state index in [1.165, 1.54) is 11.3 Å². The minimum absolute atomic E-state index is 0. The van der Waals surface area contributed by atoms with Gasteiger partial charge in [-0.1, -0.05) is 6.07 Å². The summed E-state index contributed by atoms with van der Waals surface area (Å²) in [5, 5.41) is 1.87. The fourth-order valence-electron chi connectivity index (χ4n) is 1.73. The van der Waals surface area contributed by atoms with Crippen LogP contribution in [-0.4, -0.2) is 20.5 Å². The van der Waals surface area contributed by atoms with E-state index < -0.39 is 10.0 Å². The molecule has 0 saturated heterocycles. The predicted molar refractivity (Wildman–Crippen MR) is 80.1 cm³/mol. The van der Waals surface area contributed by atoms with E-state index in [1.807, 2.05) is 29.8 Å². The number of ketones is 1. The molecule has 0 unspecified atom stereocenters. The van der Waals surface area contributed by atoms with Crippen molar-refractivity contribution in [1.82, 2.24) is 10.3 Å². The summed E-state index contributed by atoms with van der Waals surface area (Å²) < 4.78 is 23.7. The molecular weight excluding hydrogens is 346 g/mol. The SMILES string of the molecule is CS(=O)(=O)NNCc1ccc[n+](CC(=O)c2cccs2)c1.[Cl-]. The third kappa shape index (κ3) is 6.20. The smallest absolute Gasteiger partial charge is 0.237 e. The van der Waals surface area contributed by atoms with Gasteiger partial charge in [-0.2, -0.15) is 9.40 Å². The lowest BCUT2D eigenvalue weighted by Gasteiger charge is -2.04.